The van der Waals surface area contributed by atoms with E-state index < -0.39 is 0 Å². The number of benzene rings is 1. The zero-order chi connectivity index (χ0) is 13.2. The van der Waals surface area contributed by atoms with Crippen molar-refractivity contribution in [2.24, 2.45) is 0 Å². The van der Waals surface area contributed by atoms with Crippen molar-refractivity contribution in [1.29, 1.82) is 0 Å². The molecule has 0 radical (unpaired) electrons. The van der Waals surface area contributed by atoms with Crippen LogP contribution in [0.2, 0.25) is 0 Å². The van der Waals surface area contributed by atoms with Crippen LogP contribution in [-0.2, 0) is 0 Å². The topological polar surface area (TPSA) is 55.1 Å². The van der Waals surface area contributed by atoms with Gasteiger partial charge in [-0.2, -0.15) is 0 Å². The van der Waals surface area contributed by atoms with Gasteiger partial charge >= 0.3 is 0 Å². The Morgan fingerprint density at radius 2 is 2.05 bits per heavy atom. The van der Waals surface area contributed by atoms with Gasteiger partial charge in [0.05, 0.1) is 10.5 Å². The van der Waals surface area contributed by atoms with Crippen LogP contribution >= 0.6 is 15.9 Å². The molecule has 5 nitrogen and oxygen atoms in total. The minimum absolute atomic E-state index is 0.153. The molecule has 0 amide bonds. The van der Waals surface area contributed by atoms with E-state index in [1.165, 1.54) is 5.56 Å². The molecular weight excluding hydrogens is 306 g/mol. The SMILES string of the molecule is CC(Nc1ncc(Br)c2nncn12)c1ccccc1. The highest BCUT2D eigenvalue weighted by Gasteiger charge is 2.10. The third-order valence-electron chi connectivity index (χ3n) is 2.93. The molecule has 0 aliphatic carbocycles. The zero-order valence-corrected chi connectivity index (χ0v) is 11.9. The summed E-state index contributed by atoms with van der Waals surface area (Å²) in [4.78, 5) is 4.37. The van der Waals surface area contributed by atoms with Gasteiger partial charge in [0.15, 0.2) is 5.65 Å². The van der Waals surface area contributed by atoms with Gasteiger partial charge in [0.2, 0.25) is 5.95 Å². The fourth-order valence-corrected chi connectivity index (χ4v) is 2.29. The molecule has 1 unspecified atom stereocenters. The van der Waals surface area contributed by atoms with Gasteiger partial charge in [0.25, 0.3) is 0 Å². The van der Waals surface area contributed by atoms with Gasteiger partial charge in [-0.3, -0.25) is 4.40 Å². The summed E-state index contributed by atoms with van der Waals surface area (Å²) < 4.78 is 2.65. The predicted molar refractivity (Wildman–Crippen MR) is 77.0 cm³/mol. The van der Waals surface area contributed by atoms with Gasteiger partial charge in [-0.05, 0) is 28.4 Å². The molecule has 6 heteroatoms. The van der Waals surface area contributed by atoms with E-state index >= 15 is 0 Å². The van der Waals surface area contributed by atoms with Crippen molar-refractivity contribution in [2.45, 2.75) is 13.0 Å². The van der Waals surface area contributed by atoms with E-state index in [4.69, 9.17) is 0 Å². The summed E-state index contributed by atoms with van der Waals surface area (Å²) in [7, 11) is 0. The van der Waals surface area contributed by atoms with E-state index in [9.17, 15) is 0 Å². The van der Waals surface area contributed by atoms with Crippen molar-refractivity contribution >= 4 is 27.5 Å². The first-order chi connectivity index (χ1) is 9.25. The van der Waals surface area contributed by atoms with Gasteiger partial charge in [-0.1, -0.05) is 30.3 Å². The lowest BCUT2D eigenvalue weighted by atomic mass is 10.1. The molecule has 3 rings (SSSR count). The molecule has 1 atom stereocenters. The maximum Gasteiger partial charge on any atom is 0.210 e. The summed E-state index contributed by atoms with van der Waals surface area (Å²) in [6.07, 6.45) is 3.37. The molecule has 3 aromatic rings. The Bertz CT molecular complexity index is 695. The molecule has 0 aliphatic heterocycles. The van der Waals surface area contributed by atoms with Crippen LogP contribution in [0.4, 0.5) is 5.95 Å². The lowest BCUT2D eigenvalue weighted by Crippen LogP contribution is -2.11. The number of aromatic nitrogens is 4. The number of anilines is 1. The lowest BCUT2D eigenvalue weighted by Gasteiger charge is -2.15. The second-order valence-corrected chi connectivity index (χ2v) is 5.09. The van der Waals surface area contributed by atoms with Crippen molar-refractivity contribution in [1.82, 2.24) is 19.6 Å². The molecule has 19 heavy (non-hydrogen) atoms. The van der Waals surface area contributed by atoms with Crippen LogP contribution in [0.1, 0.15) is 18.5 Å². The predicted octanol–water partition coefficient (Wildman–Crippen LogP) is 3.06. The Hall–Kier alpha value is -1.95. The molecule has 0 aliphatic rings. The quantitative estimate of drug-likeness (QED) is 0.806. The number of nitrogens with one attached hydrogen (secondary N) is 1. The maximum absolute atomic E-state index is 4.37. The summed E-state index contributed by atoms with van der Waals surface area (Å²) in [6.45, 7) is 2.09. The Balaban J connectivity index is 1.94. The van der Waals surface area contributed by atoms with E-state index in [0.717, 1.165) is 16.1 Å². The molecule has 1 aromatic carbocycles. The Morgan fingerprint density at radius 3 is 2.84 bits per heavy atom. The Morgan fingerprint density at radius 1 is 1.26 bits per heavy atom. The third-order valence-corrected chi connectivity index (χ3v) is 3.49. The van der Waals surface area contributed by atoms with E-state index in [1.807, 2.05) is 22.6 Å². The molecule has 96 valence electrons. The van der Waals surface area contributed by atoms with Crippen LogP contribution in [0.15, 0.2) is 47.3 Å². The summed E-state index contributed by atoms with van der Waals surface area (Å²) in [5.74, 6) is 0.722. The smallest absolute Gasteiger partial charge is 0.210 e. The van der Waals surface area contributed by atoms with Crippen molar-refractivity contribution in [3.63, 3.8) is 0 Å². The zero-order valence-electron chi connectivity index (χ0n) is 10.3. The number of fused-ring (bicyclic) bond motifs is 1. The van der Waals surface area contributed by atoms with E-state index in [2.05, 4.69) is 55.5 Å². The number of rotatable bonds is 3. The molecule has 1 N–H and O–H groups in total. The number of nitrogens with zero attached hydrogens (tertiary/aromatic N) is 4. The number of hydrogen-bond acceptors (Lipinski definition) is 4. The minimum Gasteiger partial charge on any atom is -0.349 e. The fraction of sp³-hybridized carbons (Fsp3) is 0.154. The summed E-state index contributed by atoms with van der Waals surface area (Å²) >= 11 is 3.41. The molecule has 2 heterocycles. The highest BCUT2D eigenvalue weighted by Crippen LogP contribution is 2.21. The Kier molecular flexibility index (Phi) is 3.16. The molecule has 0 fully saturated rings. The standard InChI is InChI=1S/C13H12BrN5/c1-9(10-5-3-2-4-6-10)17-13-15-7-11(14)12-18-16-8-19(12)13/h2-9H,1H3,(H,15,17). The van der Waals surface area contributed by atoms with E-state index in [-0.39, 0.29) is 6.04 Å². The average Bonchev–Trinajstić information content (AvgIpc) is 2.93. The summed E-state index contributed by atoms with van der Waals surface area (Å²) in [6, 6.07) is 10.4. The number of halogens is 1. The summed E-state index contributed by atoms with van der Waals surface area (Å²) in [5.41, 5.74) is 1.95. The lowest BCUT2D eigenvalue weighted by molar-refractivity contribution is 0.850. The van der Waals surface area contributed by atoms with Crippen LogP contribution in [-0.4, -0.2) is 19.6 Å². The van der Waals surface area contributed by atoms with Crippen molar-refractivity contribution in [3.05, 3.63) is 52.9 Å². The van der Waals surface area contributed by atoms with Gasteiger partial charge in [-0.15, -0.1) is 10.2 Å². The van der Waals surface area contributed by atoms with Gasteiger partial charge < -0.3 is 5.32 Å². The normalized spacial score (nSPS) is 12.5. The molecular formula is C13H12BrN5. The first-order valence-corrected chi connectivity index (χ1v) is 6.71. The molecule has 0 spiro atoms. The fourth-order valence-electron chi connectivity index (χ4n) is 1.92. The average molecular weight is 318 g/mol. The van der Waals surface area contributed by atoms with Crippen LogP contribution in [0.5, 0.6) is 0 Å². The second-order valence-electron chi connectivity index (χ2n) is 4.23. The van der Waals surface area contributed by atoms with Crippen LogP contribution < -0.4 is 5.32 Å². The molecule has 0 saturated heterocycles. The largest absolute Gasteiger partial charge is 0.349 e. The highest BCUT2D eigenvalue weighted by atomic mass is 79.9. The van der Waals surface area contributed by atoms with Crippen LogP contribution in [0.3, 0.4) is 0 Å². The molecule has 0 saturated carbocycles. The molecule has 0 bridgehead atoms. The van der Waals surface area contributed by atoms with Crippen molar-refractivity contribution in [3.8, 4) is 0 Å². The highest BCUT2D eigenvalue weighted by molar-refractivity contribution is 9.10. The first kappa shape index (κ1) is 12.1. The minimum atomic E-state index is 0.153. The van der Waals surface area contributed by atoms with Crippen molar-refractivity contribution in [2.75, 3.05) is 5.32 Å². The maximum atomic E-state index is 4.37. The Labute approximate surface area is 118 Å². The molecule has 2 aromatic heterocycles. The third kappa shape index (κ3) is 2.31. The van der Waals surface area contributed by atoms with E-state index in [0.29, 0.717) is 0 Å². The van der Waals surface area contributed by atoms with Crippen molar-refractivity contribution < 1.29 is 0 Å². The number of hydrogen-bond donors (Lipinski definition) is 1. The first-order valence-electron chi connectivity index (χ1n) is 5.91. The monoisotopic (exact) mass is 317 g/mol. The van der Waals surface area contributed by atoms with Crippen LogP contribution in [0.25, 0.3) is 5.65 Å². The van der Waals surface area contributed by atoms with Gasteiger partial charge in [0, 0.05) is 6.20 Å². The van der Waals surface area contributed by atoms with Crippen LogP contribution in [0, 0.1) is 0 Å². The van der Waals surface area contributed by atoms with E-state index in [1.54, 1.807) is 12.5 Å². The second kappa shape index (κ2) is 4.97. The summed E-state index contributed by atoms with van der Waals surface area (Å²) in [5, 5.41) is 11.3. The van der Waals surface area contributed by atoms with Gasteiger partial charge in [-0.25, -0.2) is 4.98 Å². The van der Waals surface area contributed by atoms with Gasteiger partial charge in [0.1, 0.15) is 6.33 Å².